The van der Waals surface area contributed by atoms with E-state index in [1.807, 2.05) is 69.2 Å². The van der Waals surface area contributed by atoms with Gasteiger partial charge in [0.2, 0.25) is 0 Å². The van der Waals surface area contributed by atoms with Gasteiger partial charge in [0.05, 0.1) is 27.1 Å². The Morgan fingerprint density at radius 2 is 0.484 bits per heavy atom. The summed E-state index contributed by atoms with van der Waals surface area (Å²) in [5.41, 5.74) is -12.4. The molecule has 0 radical (unpaired) electrons. The third kappa shape index (κ3) is 39.6. The van der Waals surface area contributed by atoms with E-state index in [1.165, 1.54) is 41.0 Å². The van der Waals surface area contributed by atoms with Gasteiger partial charge in [-0.1, -0.05) is 341 Å². The van der Waals surface area contributed by atoms with Crippen LogP contribution in [0.1, 0.15) is 491 Å². The lowest BCUT2D eigenvalue weighted by Crippen LogP contribution is -2.57. The summed E-state index contributed by atoms with van der Waals surface area (Å²) in [6, 6.07) is 0. The van der Waals surface area contributed by atoms with E-state index < -0.39 is 91.5 Å². The average molecular weight is 1800 g/mol. The molecule has 19 heteroatoms. The molecule has 3 aliphatic rings. The van der Waals surface area contributed by atoms with Gasteiger partial charge in [-0.05, 0) is 231 Å². The summed E-state index contributed by atoms with van der Waals surface area (Å²) in [5.74, 6) is 0.560. The highest BCUT2D eigenvalue weighted by Gasteiger charge is 2.67. The number of alkyl halides is 19. The van der Waals surface area contributed by atoms with E-state index in [9.17, 15) is 74.6 Å². The first kappa shape index (κ1) is 134. The van der Waals surface area contributed by atoms with Gasteiger partial charge in [0.25, 0.3) is 0 Å². The van der Waals surface area contributed by atoms with Crippen LogP contribution < -0.4 is 0 Å². The largest absolute Gasteiger partial charge is 0.395 e. The molecule has 0 nitrogen and oxygen atoms in total. The highest BCUT2D eigenvalue weighted by Crippen LogP contribution is 2.66. The predicted molar refractivity (Wildman–Crippen MR) is 492 cm³/mol. The Bertz CT molecular complexity index is 2460. The summed E-state index contributed by atoms with van der Waals surface area (Å²) < 4.78 is 249. The number of hydrogen-bond donors (Lipinski definition) is 0. The zero-order valence-electron chi connectivity index (χ0n) is 87.8. The van der Waals surface area contributed by atoms with Crippen LogP contribution in [-0.2, 0) is 0 Å². The minimum Gasteiger partial charge on any atom is -0.244 e. The zero-order valence-corrected chi connectivity index (χ0v) is 87.8. The van der Waals surface area contributed by atoms with Crippen molar-refractivity contribution in [3.05, 3.63) is 0 Å². The fraction of sp³-hybridized carbons (Fsp3) is 1.00. The van der Waals surface area contributed by atoms with Crippen molar-refractivity contribution < 1.29 is 83.4 Å². The number of rotatable bonds is 28. The van der Waals surface area contributed by atoms with Gasteiger partial charge in [-0.25, -0.2) is 17.6 Å². The summed E-state index contributed by atoms with van der Waals surface area (Å²) in [7, 11) is 0. The van der Waals surface area contributed by atoms with Crippen LogP contribution >= 0.6 is 0 Å². The monoisotopic (exact) mass is 1800 g/mol. The van der Waals surface area contributed by atoms with Crippen molar-refractivity contribution in [2.75, 3.05) is 0 Å². The summed E-state index contributed by atoms with van der Waals surface area (Å²) in [4.78, 5) is 0. The highest BCUT2D eigenvalue weighted by atomic mass is 19.4. The molecule has 3 fully saturated rings. The molecule has 0 bridgehead atoms. The molecule has 3 saturated carbocycles. The lowest BCUT2D eigenvalue weighted by molar-refractivity contribution is -0.301. The van der Waals surface area contributed by atoms with Gasteiger partial charge in [0.15, 0.2) is 0 Å². The third-order valence-corrected chi connectivity index (χ3v) is 32.4. The van der Waals surface area contributed by atoms with E-state index in [1.54, 1.807) is 69.2 Å². The van der Waals surface area contributed by atoms with Crippen molar-refractivity contribution in [3.8, 4) is 0 Å². The molecule has 0 aromatic carbocycles. The van der Waals surface area contributed by atoms with Crippen LogP contribution in [0, 0.1) is 119 Å². The van der Waals surface area contributed by atoms with Crippen molar-refractivity contribution >= 4 is 0 Å². The van der Waals surface area contributed by atoms with Crippen molar-refractivity contribution in [2.24, 2.45) is 119 Å². The first-order valence-electron chi connectivity index (χ1n) is 48.2. The van der Waals surface area contributed by atoms with E-state index >= 15 is 8.78 Å². The second kappa shape index (κ2) is 54.0. The normalized spacial score (nSPS) is 17.4. The minimum absolute atomic E-state index is 0.136. The third-order valence-electron chi connectivity index (χ3n) is 32.4. The molecule has 0 spiro atoms. The van der Waals surface area contributed by atoms with E-state index in [-0.39, 0.29) is 59.2 Å². The van der Waals surface area contributed by atoms with Gasteiger partial charge < -0.3 is 0 Å². The molecule has 3 aliphatic carbocycles. The van der Waals surface area contributed by atoms with Gasteiger partial charge >= 0.3 is 30.9 Å². The van der Waals surface area contributed by atoms with Crippen LogP contribution in [-0.4, -0.2) is 53.6 Å². The predicted octanol–water partition coefficient (Wildman–Crippen LogP) is 41.4. The van der Waals surface area contributed by atoms with Crippen molar-refractivity contribution in [3.63, 3.8) is 0 Å². The maximum Gasteiger partial charge on any atom is 0.395 e. The van der Waals surface area contributed by atoms with E-state index in [0.29, 0.717) is 98.7 Å². The summed E-state index contributed by atoms with van der Waals surface area (Å²) in [5, 5.41) is 0. The number of halogens is 19. The molecule has 122 heavy (non-hydrogen) atoms. The van der Waals surface area contributed by atoms with Gasteiger partial charge in [0, 0.05) is 10.8 Å². The SMILES string of the molecule is CC(C)(C)C.CC(C)C(C(C)C)C(C)(F)C(C(C)C)C(C)C.CC(C)C(C)(C(C)C)C(F)(F)F.CC1(C(F)(F)F)CCCCC1.CC1(C)CCC(C)(F)CC1.CC1(F)CCCCC1.CCC(C)(CC)C(C)(C(F)(F)F)C(C)(CC)CC.CCC(C)(CC)C(C)(F)C(C)(CC)CC.CCC(C)(CC)C(F)(F)F.CCC(CC)C(C)(C(CC)CC)C(F)(F)F. The molecule has 0 atom stereocenters. The van der Waals surface area contributed by atoms with Crippen LogP contribution in [0.3, 0.4) is 0 Å². The summed E-state index contributed by atoms with van der Waals surface area (Å²) in [6.07, 6.45) is -0.221. The Balaban J connectivity index is -0.000000244. The quantitative estimate of drug-likeness (QED) is 0.0685. The first-order valence-corrected chi connectivity index (χ1v) is 48.2. The Labute approximate surface area is 743 Å². The van der Waals surface area contributed by atoms with Crippen LogP contribution in [0.5, 0.6) is 0 Å². The fourth-order valence-corrected chi connectivity index (χ4v) is 19.6. The summed E-state index contributed by atoms with van der Waals surface area (Å²) >= 11 is 0. The second-order valence-electron chi connectivity index (χ2n) is 44.7. The second-order valence-corrected chi connectivity index (χ2v) is 44.7. The van der Waals surface area contributed by atoms with E-state index in [4.69, 9.17) is 0 Å². The molecule has 3 rings (SSSR count). The molecular weight excluding hydrogens is 1600 g/mol. The summed E-state index contributed by atoms with van der Waals surface area (Å²) in [6.45, 7) is 85.0. The van der Waals surface area contributed by atoms with Crippen LogP contribution in [0.4, 0.5) is 83.4 Å². The topological polar surface area (TPSA) is 0 Å². The fourth-order valence-electron chi connectivity index (χ4n) is 19.6. The Morgan fingerprint density at radius 1 is 0.262 bits per heavy atom. The molecule has 746 valence electrons. The maximum atomic E-state index is 15.4. The molecule has 0 aliphatic heterocycles. The standard InChI is InChI=1S/C16H33F.C15H29F3.C14H29F.C13H25F3.C9H17F3.C9H17F.C8H13F3.C7H13F3.C7H13F.C5H12/c1-10(2)14(11(3)4)16(9,17)15(12(5)6)13(7)8;1-8-12(5,9-2)14(7,15(16,17)18)13(6,10-3)11-4;1-8-12(5,9-2)14(7,15)13(6,10-3)11-4;1-6-10(7-2)12(5,13(14,15)16)11(8-3)9-4;1-6(2)8(5,7(3)4)9(10,11)12;1-8(2)4-6-9(3,10)7-5-8;1-7(8(9,10)11)5-3-2-4-6-7;1-4-6(3,5-2)7(8,9)10;1-7(8)5-3-2-4-6-7;1-5(2,3)4/h10-15H,1-9H3;8-11H2,1-7H3;8-11H2,1-7H3;10-11H,6-9H2,1-5H3;6-7H,1-5H3;4-7H2,1-3H3;2-6H2,1H3;4-5H2,1-3H3;2-6H2,1H3;1-4H3. The van der Waals surface area contributed by atoms with Crippen molar-refractivity contribution in [1.29, 1.82) is 0 Å². The molecule has 0 amide bonds. The molecule has 0 saturated heterocycles. The first-order chi connectivity index (χ1) is 54.1. The van der Waals surface area contributed by atoms with Gasteiger partial charge in [-0.3, -0.25) is 0 Å². The maximum absolute atomic E-state index is 15.4. The van der Waals surface area contributed by atoms with Gasteiger partial charge in [-0.2, -0.15) is 65.9 Å². The zero-order chi connectivity index (χ0) is 99.6. The average Bonchev–Trinajstić information content (AvgIpc) is 0.717. The van der Waals surface area contributed by atoms with Gasteiger partial charge in [0.1, 0.15) is 22.7 Å². The van der Waals surface area contributed by atoms with Crippen molar-refractivity contribution in [2.45, 2.75) is 545 Å². The lowest BCUT2D eigenvalue weighted by Gasteiger charge is -2.57. The Kier molecular flexibility index (Phi) is 59.2. The van der Waals surface area contributed by atoms with E-state index in [2.05, 4.69) is 138 Å². The highest BCUT2D eigenvalue weighted by molar-refractivity contribution is 5.06. The smallest absolute Gasteiger partial charge is 0.244 e. The Morgan fingerprint density at radius 3 is 0.607 bits per heavy atom. The number of hydrogen-bond acceptors (Lipinski definition) is 0. The molecular formula is C103H201F19. The van der Waals surface area contributed by atoms with Crippen molar-refractivity contribution in [1.82, 2.24) is 0 Å². The molecule has 0 aromatic heterocycles. The van der Waals surface area contributed by atoms with Crippen LogP contribution in [0.25, 0.3) is 0 Å². The molecule has 0 heterocycles. The van der Waals surface area contributed by atoms with Crippen LogP contribution in [0.2, 0.25) is 0 Å². The Hall–Kier alpha value is -1.33. The molecule has 0 aromatic rings. The van der Waals surface area contributed by atoms with E-state index in [0.717, 1.165) is 96.3 Å². The van der Waals surface area contributed by atoms with Crippen LogP contribution in [0.15, 0.2) is 0 Å². The van der Waals surface area contributed by atoms with Gasteiger partial charge in [-0.15, -0.1) is 0 Å². The molecule has 0 unspecified atom stereocenters. The lowest BCUT2D eigenvalue weighted by atomic mass is 9.49. The molecule has 0 N–H and O–H groups in total. The minimum atomic E-state index is -4.17.